The Kier molecular flexibility index (Phi) is 4.74. The number of amides is 2. The highest BCUT2D eigenvalue weighted by molar-refractivity contribution is 5.95. The summed E-state index contributed by atoms with van der Waals surface area (Å²) >= 11 is 0. The van der Waals surface area contributed by atoms with Gasteiger partial charge in [-0.25, -0.2) is 0 Å². The number of nitrogens with one attached hydrogen (secondary N) is 3. The van der Waals surface area contributed by atoms with E-state index in [9.17, 15) is 9.59 Å². The number of rotatable bonds is 6. The van der Waals surface area contributed by atoms with Crippen molar-refractivity contribution in [1.29, 1.82) is 0 Å². The highest BCUT2D eigenvalue weighted by atomic mass is 16.2. The Morgan fingerprint density at radius 3 is 2.20 bits per heavy atom. The molecule has 0 aliphatic heterocycles. The molecule has 20 heavy (non-hydrogen) atoms. The first-order valence-corrected chi connectivity index (χ1v) is 6.96. The van der Waals surface area contributed by atoms with Crippen LogP contribution in [0.4, 0.5) is 11.4 Å². The van der Waals surface area contributed by atoms with Crippen molar-refractivity contribution in [2.45, 2.75) is 19.8 Å². The van der Waals surface area contributed by atoms with Gasteiger partial charge in [0.05, 0.1) is 0 Å². The number of anilines is 2. The summed E-state index contributed by atoms with van der Waals surface area (Å²) in [5.74, 6) is 0.171. The van der Waals surface area contributed by atoms with Crippen LogP contribution in [0.2, 0.25) is 0 Å². The van der Waals surface area contributed by atoms with Crippen LogP contribution in [0.25, 0.3) is 0 Å². The zero-order valence-corrected chi connectivity index (χ0v) is 11.9. The van der Waals surface area contributed by atoms with E-state index in [1.54, 1.807) is 24.3 Å². The highest BCUT2D eigenvalue weighted by Crippen LogP contribution is 2.30. The molecule has 0 aromatic heterocycles. The fourth-order valence-electron chi connectivity index (χ4n) is 1.89. The van der Waals surface area contributed by atoms with E-state index in [1.165, 1.54) is 0 Å². The van der Waals surface area contributed by atoms with Crippen molar-refractivity contribution < 1.29 is 9.59 Å². The van der Waals surface area contributed by atoms with Crippen LogP contribution in [0, 0.1) is 11.8 Å². The molecule has 3 N–H and O–H groups in total. The molecule has 5 nitrogen and oxygen atoms in total. The second-order valence-electron chi connectivity index (χ2n) is 5.29. The van der Waals surface area contributed by atoms with Crippen LogP contribution in [0.5, 0.6) is 0 Å². The largest absolute Gasteiger partial charge is 0.326 e. The molecular weight excluding hydrogens is 254 g/mol. The molecule has 0 radical (unpaired) electrons. The van der Waals surface area contributed by atoms with Gasteiger partial charge in [0.25, 0.3) is 0 Å². The van der Waals surface area contributed by atoms with Crippen LogP contribution in [0.3, 0.4) is 0 Å². The molecule has 1 aromatic carbocycles. The van der Waals surface area contributed by atoms with Crippen molar-refractivity contribution >= 4 is 23.2 Å². The van der Waals surface area contributed by atoms with Gasteiger partial charge < -0.3 is 16.0 Å². The SMILES string of the molecule is CNCC(C)C(=O)Nc1ccc(NC(=O)C2CC2)cc1. The van der Waals surface area contributed by atoms with Crippen LogP contribution < -0.4 is 16.0 Å². The lowest BCUT2D eigenvalue weighted by molar-refractivity contribution is -0.119. The van der Waals surface area contributed by atoms with Crippen LogP contribution in [0.15, 0.2) is 24.3 Å². The number of benzene rings is 1. The van der Waals surface area contributed by atoms with E-state index in [2.05, 4.69) is 16.0 Å². The minimum atomic E-state index is -0.0887. The monoisotopic (exact) mass is 275 g/mol. The first-order valence-electron chi connectivity index (χ1n) is 6.96. The molecule has 108 valence electrons. The lowest BCUT2D eigenvalue weighted by Crippen LogP contribution is -2.28. The maximum absolute atomic E-state index is 11.8. The predicted octanol–water partition coefficient (Wildman–Crippen LogP) is 1.83. The summed E-state index contributed by atoms with van der Waals surface area (Å²) in [7, 11) is 1.82. The molecule has 2 rings (SSSR count). The molecule has 0 bridgehead atoms. The fourth-order valence-corrected chi connectivity index (χ4v) is 1.89. The number of carbonyl (C=O) groups excluding carboxylic acids is 2. The van der Waals surface area contributed by atoms with E-state index in [1.807, 2.05) is 14.0 Å². The Hall–Kier alpha value is -1.88. The normalized spacial score (nSPS) is 15.5. The predicted molar refractivity (Wildman–Crippen MR) is 79.5 cm³/mol. The number of hydrogen-bond acceptors (Lipinski definition) is 3. The Bertz CT molecular complexity index is 480. The molecule has 1 atom stereocenters. The first-order chi connectivity index (χ1) is 9.60. The third kappa shape index (κ3) is 4.06. The van der Waals surface area contributed by atoms with E-state index < -0.39 is 0 Å². The quantitative estimate of drug-likeness (QED) is 0.742. The van der Waals surface area contributed by atoms with E-state index >= 15 is 0 Å². The third-order valence-electron chi connectivity index (χ3n) is 3.33. The van der Waals surface area contributed by atoms with Gasteiger partial charge in [0.2, 0.25) is 11.8 Å². The van der Waals surface area contributed by atoms with Crippen molar-refractivity contribution in [3.63, 3.8) is 0 Å². The Balaban J connectivity index is 1.87. The minimum absolute atomic E-state index is 0.0193. The van der Waals surface area contributed by atoms with Gasteiger partial charge in [-0.1, -0.05) is 6.92 Å². The summed E-state index contributed by atoms with van der Waals surface area (Å²) in [6, 6.07) is 7.20. The zero-order chi connectivity index (χ0) is 14.5. The van der Waals surface area contributed by atoms with E-state index in [0.717, 1.165) is 24.2 Å². The van der Waals surface area contributed by atoms with Gasteiger partial charge in [-0.3, -0.25) is 9.59 Å². The van der Waals surface area contributed by atoms with Crippen LogP contribution in [-0.2, 0) is 9.59 Å². The number of carbonyl (C=O) groups is 2. The molecule has 2 amide bonds. The Morgan fingerprint density at radius 1 is 1.15 bits per heavy atom. The average molecular weight is 275 g/mol. The lowest BCUT2D eigenvalue weighted by Gasteiger charge is -2.12. The third-order valence-corrected chi connectivity index (χ3v) is 3.33. The van der Waals surface area contributed by atoms with Crippen LogP contribution >= 0.6 is 0 Å². The van der Waals surface area contributed by atoms with E-state index in [4.69, 9.17) is 0 Å². The van der Waals surface area contributed by atoms with E-state index in [0.29, 0.717) is 6.54 Å². The summed E-state index contributed by atoms with van der Waals surface area (Å²) in [5.41, 5.74) is 1.51. The van der Waals surface area contributed by atoms with Gasteiger partial charge in [0.1, 0.15) is 0 Å². The van der Waals surface area contributed by atoms with Crippen molar-refractivity contribution in [2.75, 3.05) is 24.2 Å². The molecular formula is C15H21N3O2. The van der Waals surface area contributed by atoms with Gasteiger partial charge in [-0.05, 0) is 44.2 Å². The molecule has 1 aromatic rings. The maximum Gasteiger partial charge on any atom is 0.228 e. The molecule has 1 saturated carbocycles. The van der Waals surface area contributed by atoms with Gasteiger partial charge >= 0.3 is 0 Å². The van der Waals surface area contributed by atoms with Gasteiger partial charge in [-0.2, -0.15) is 0 Å². The fraction of sp³-hybridized carbons (Fsp3) is 0.467. The standard InChI is InChI=1S/C15H21N3O2/c1-10(9-16-2)14(19)17-12-5-7-13(8-6-12)18-15(20)11-3-4-11/h5-8,10-11,16H,3-4,9H2,1-2H3,(H,17,19)(H,18,20). The average Bonchev–Trinajstić information content (AvgIpc) is 3.25. The Labute approximate surface area is 119 Å². The van der Waals surface area contributed by atoms with Crippen molar-refractivity contribution in [1.82, 2.24) is 5.32 Å². The molecule has 0 saturated heterocycles. The molecule has 0 spiro atoms. The topological polar surface area (TPSA) is 70.2 Å². The second-order valence-corrected chi connectivity index (χ2v) is 5.29. The lowest BCUT2D eigenvalue weighted by atomic mass is 10.1. The van der Waals surface area contributed by atoms with Gasteiger partial charge in [0, 0.05) is 29.8 Å². The summed E-state index contributed by atoms with van der Waals surface area (Å²) in [4.78, 5) is 23.5. The summed E-state index contributed by atoms with van der Waals surface area (Å²) < 4.78 is 0. The van der Waals surface area contributed by atoms with Crippen molar-refractivity contribution in [3.05, 3.63) is 24.3 Å². The number of hydrogen-bond donors (Lipinski definition) is 3. The molecule has 1 aliphatic rings. The molecule has 0 heterocycles. The Morgan fingerprint density at radius 2 is 1.70 bits per heavy atom. The molecule has 1 unspecified atom stereocenters. The summed E-state index contributed by atoms with van der Waals surface area (Å²) in [5, 5.41) is 8.69. The van der Waals surface area contributed by atoms with Gasteiger partial charge in [-0.15, -0.1) is 0 Å². The summed E-state index contributed by atoms with van der Waals surface area (Å²) in [6.45, 7) is 2.51. The van der Waals surface area contributed by atoms with Crippen molar-refractivity contribution in [2.24, 2.45) is 11.8 Å². The van der Waals surface area contributed by atoms with Crippen molar-refractivity contribution in [3.8, 4) is 0 Å². The summed E-state index contributed by atoms with van der Waals surface area (Å²) in [6.07, 6.45) is 1.98. The highest BCUT2D eigenvalue weighted by Gasteiger charge is 2.29. The minimum Gasteiger partial charge on any atom is -0.326 e. The van der Waals surface area contributed by atoms with Crippen LogP contribution in [-0.4, -0.2) is 25.4 Å². The molecule has 1 fully saturated rings. The van der Waals surface area contributed by atoms with Gasteiger partial charge in [0.15, 0.2) is 0 Å². The zero-order valence-electron chi connectivity index (χ0n) is 11.9. The van der Waals surface area contributed by atoms with Crippen LogP contribution in [0.1, 0.15) is 19.8 Å². The smallest absolute Gasteiger partial charge is 0.228 e. The molecule has 1 aliphatic carbocycles. The maximum atomic E-state index is 11.8. The first kappa shape index (κ1) is 14.5. The van der Waals surface area contributed by atoms with E-state index in [-0.39, 0.29) is 23.7 Å². The second kappa shape index (κ2) is 6.52. The molecule has 5 heteroatoms.